The number of halogens is 1. The Morgan fingerprint density at radius 1 is 1.53 bits per heavy atom. The summed E-state index contributed by atoms with van der Waals surface area (Å²) >= 11 is 4.39. The first-order chi connectivity index (χ1) is 8.09. The van der Waals surface area contributed by atoms with Crippen LogP contribution in [0.3, 0.4) is 0 Å². The highest BCUT2D eigenvalue weighted by molar-refractivity contribution is 9.10. The fourth-order valence-electron chi connectivity index (χ4n) is 1.26. The minimum Gasteiger partial charge on any atom is -0.271 e. The second kappa shape index (κ2) is 5.30. The fraction of sp³-hybridized carbons (Fsp3) is 0.222. The highest BCUT2D eigenvalue weighted by atomic mass is 79.9. The summed E-state index contributed by atoms with van der Waals surface area (Å²) in [5.74, 6) is 0. The third-order valence-corrected chi connectivity index (χ3v) is 6.15. The molecule has 0 saturated carbocycles. The van der Waals surface area contributed by atoms with Crippen LogP contribution in [0.1, 0.15) is 0 Å². The Kier molecular flexibility index (Phi) is 3.97. The molecule has 0 unspecified atom stereocenters. The van der Waals surface area contributed by atoms with E-state index in [2.05, 4.69) is 25.8 Å². The van der Waals surface area contributed by atoms with Crippen LogP contribution in [0.25, 0.3) is 0 Å². The smallest absolute Gasteiger partial charge is 0.251 e. The van der Waals surface area contributed by atoms with Crippen LogP contribution in [0.4, 0.5) is 0 Å². The van der Waals surface area contributed by atoms with Gasteiger partial charge in [-0.05, 0) is 33.4 Å². The van der Waals surface area contributed by atoms with Gasteiger partial charge in [-0.15, -0.1) is 11.3 Å². The molecule has 0 aliphatic rings. The molecule has 0 bridgehead atoms. The van der Waals surface area contributed by atoms with Crippen molar-refractivity contribution in [1.82, 2.24) is 14.5 Å². The molecule has 8 heteroatoms. The molecular formula is C9H10BrN3O2S2. The van der Waals surface area contributed by atoms with E-state index in [-0.39, 0.29) is 0 Å². The summed E-state index contributed by atoms with van der Waals surface area (Å²) in [6.45, 7) is 0.823. The van der Waals surface area contributed by atoms with Crippen LogP contribution >= 0.6 is 27.3 Å². The Bertz CT molecular complexity index is 577. The molecule has 0 aliphatic carbocycles. The maximum absolute atomic E-state index is 11.9. The van der Waals surface area contributed by atoms with Gasteiger partial charge < -0.3 is 0 Å². The van der Waals surface area contributed by atoms with E-state index in [0.717, 1.165) is 0 Å². The van der Waals surface area contributed by atoms with Crippen molar-refractivity contribution in [3.05, 3.63) is 34.4 Å². The lowest BCUT2D eigenvalue weighted by Gasteiger charge is -2.05. The molecule has 0 fully saturated rings. The minimum atomic E-state index is -3.42. The molecule has 2 heterocycles. The number of rotatable bonds is 5. The molecule has 2 aromatic heterocycles. The number of hydrogen-bond acceptors (Lipinski definition) is 4. The van der Waals surface area contributed by atoms with Gasteiger partial charge in [0, 0.05) is 23.4 Å². The number of thiophene rings is 1. The molecule has 0 radical (unpaired) electrons. The Hall–Kier alpha value is -0.700. The van der Waals surface area contributed by atoms with Crippen molar-refractivity contribution in [2.45, 2.75) is 10.8 Å². The Labute approximate surface area is 112 Å². The van der Waals surface area contributed by atoms with E-state index in [0.29, 0.717) is 21.8 Å². The maximum atomic E-state index is 11.9. The van der Waals surface area contributed by atoms with E-state index < -0.39 is 10.0 Å². The van der Waals surface area contributed by atoms with Crippen LogP contribution in [-0.2, 0) is 16.6 Å². The van der Waals surface area contributed by atoms with Crippen LogP contribution < -0.4 is 4.72 Å². The summed E-state index contributed by atoms with van der Waals surface area (Å²) in [7, 11) is -3.42. The van der Waals surface area contributed by atoms with Gasteiger partial charge in [-0.25, -0.2) is 13.1 Å². The Morgan fingerprint density at radius 3 is 2.94 bits per heavy atom. The molecule has 92 valence electrons. The van der Waals surface area contributed by atoms with Crippen LogP contribution in [-0.4, -0.2) is 24.7 Å². The summed E-state index contributed by atoms with van der Waals surface area (Å²) in [4.78, 5) is 0. The van der Waals surface area contributed by atoms with Crippen molar-refractivity contribution in [2.24, 2.45) is 0 Å². The highest BCUT2D eigenvalue weighted by Crippen LogP contribution is 2.27. The molecule has 1 N–H and O–H groups in total. The largest absolute Gasteiger partial charge is 0.271 e. The molecule has 0 atom stereocenters. The third kappa shape index (κ3) is 3.15. The fourth-order valence-corrected chi connectivity index (χ4v) is 4.67. The van der Waals surface area contributed by atoms with Crippen LogP contribution in [0.5, 0.6) is 0 Å². The lowest BCUT2D eigenvalue weighted by molar-refractivity contribution is 0.562. The van der Waals surface area contributed by atoms with Crippen molar-refractivity contribution in [2.75, 3.05) is 6.54 Å². The zero-order chi connectivity index (χ0) is 12.3. The van der Waals surface area contributed by atoms with E-state index in [1.54, 1.807) is 34.6 Å². The maximum Gasteiger partial charge on any atom is 0.251 e. The second-order valence-corrected chi connectivity index (χ2v) is 6.96. The average Bonchev–Trinajstić information content (AvgIpc) is 2.88. The summed E-state index contributed by atoms with van der Waals surface area (Å²) in [6.07, 6.45) is 3.44. The van der Waals surface area contributed by atoms with Gasteiger partial charge in [0.2, 0.25) is 0 Å². The van der Waals surface area contributed by atoms with Crippen LogP contribution in [0, 0.1) is 0 Å². The molecule has 17 heavy (non-hydrogen) atoms. The predicted octanol–water partition coefficient (Wildman–Crippen LogP) is 1.69. The molecule has 0 aromatic carbocycles. The summed E-state index contributed by atoms with van der Waals surface area (Å²) in [5.41, 5.74) is 0. The zero-order valence-electron chi connectivity index (χ0n) is 8.71. The van der Waals surface area contributed by atoms with Gasteiger partial charge in [0.1, 0.15) is 4.21 Å². The normalized spacial score (nSPS) is 11.8. The van der Waals surface area contributed by atoms with E-state index in [1.807, 2.05) is 0 Å². The molecule has 0 amide bonds. The van der Waals surface area contributed by atoms with Crippen LogP contribution in [0.2, 0.25) is 0 Å². The van der Waals surface area contributed by atoms with Crippen molar-refractivity contribution < 1.29 is 8.42 Å². The third-order valence-electron chi connectivity index (χ3n) is 2.02. The van der Waals surface area contributed by atoms with E-state index >= 15 is 0 Å². The first-order valence-corrected chi connectivity index (χ1v) is 7.95. The highest BCUT2D eigenvalue weighted by Gasteiger charge is 2.18. The summed E-state index contributed by atoms with van der Waals surface area (Å²) in [6, 6.07) is 3.51. The SMILES string of the molecule is O=S(=O)(NCCn1cccn1)c1sccc1Br. The van der Waals surface area contributed by atoms with Crippen molar-refractivity contribution >= 4 is 37.3 Å². The number of nitrogens with one attached hydrogen (secondary N) is 1. The molecule has 0 spiro atoms. The predicted molar refractivity (Wildman–Crippen MR) is 69.4 cm³/mol. The molecule has 5 nitrogen and oxygen atoms in total. The van der Waals surface area contributed by atoms with E-state index in [1.165, 1.54) is 11.3 Å². The van der Waals surface area contributed by atoms with Gasteiger partial charge >= 0.3 is 0 Å². The first-order valence-electron chi connectivity index (χ1n) is 4.80. The molecule has 0 aliphatic heterocycles. The number of aromatic nitrogens is 2. The van der Waals surface area contributed by atoms with Gasteiger partial charge in [0.25, 0.3) is 10.0 Å². The van der Waals surface area contributed by atoms with Gasteiger partial charge in [0.05, 0.1) is 6.54 Å². The molecule has 2 aromatic rings. The zero-order valence-corrected chi connectivity index (χ0v) is 11.9. The standard InChI is InChI=1S/C9H10BrN3O2S2/c10-8-2-7-16-9(8)17(14,15)12-4-6-13-5-1-3-11-13/h1-3,5,7,12H,4,6H2. The quantitative estimate of drug-likeness (QED) is 0.904. The van der Waals surface area contributed by atoms with Gasteiger partial charge in [-0.3, -0.25) is 4.68 Å². The monoisotopic (exact) mass is 335 g/mol. The second-order valence-electron chi connectivity index (χ2n) is 3.22. The van der Waals surface area contributed by atoms with Crippen molar-refractivity contribution in [3.63, 3.8) is 0 Å². The topological polar surface area (TPSA) is 64.0 Å². The molecule has 2 rings (SSSR count). The summed E-state index contributed by atoms with van der Waals surface area (Å²) in [5, 5.41) is 5.72. The first kappa shape index (κ1) is 12.7. The van der Waals surface area contributed by atoms with Crippen LogP contribution in [0.15, 0.2) is 38.6 Å². The lowest BCUT2D eigenvalue weighted by atomic mass is 10.6. The summed E-state index contributed by atoms with van der Waals surface area (Å²) < 4.78 is 28.9. The Balaban J connectivity index is 1.97. The van der Waals surface area contributed by atoms with E-state index in [4.69, 9.17) is 0 Å². The van der Waals surface area contributed by atoms with Gasteiger partial charge in [0.15, 0.2) is 0 Å². The van der Waals surface area contributed by atoms with Gasteiger partial charge in [-0.2, -0.15) is 5.10 Å². The molecular weight excluding hydrogens is 326 g/mol. The number of sulfonamides is 1. The Morgan fingerprint density at radius 2 is 2.35 bits per heavy atom. The minimum absolute atomic E-state index is 0.304. The number of nitrogens with zero attached hydrogens (tertiary/aromatic N) is 2. The van der Waals surface area contributed by atoms with Crippen molar-refractivity contribution in [1.29, 1.82) is 0 Å². The number of hydrogen-bond donors (Lipinski definition) is 1. The van der Waals surface area contributed by atoms with Crippen molar-refractivity contribution in [3.8, 4) is 0 Å². The molecule has 0 saturated heterocycles. The average molecular weight is 336 g/mol. The van der Waals surface area contributed by atoms with Gasteiger partial charge in [-0.1, -0.05) is 0 Å². The lowest BCUT2D eigenvalue weighted by Crippen LogP contribution is -2.27. The van der Waals surface area contributed by atoms with E-state index in [9.17, 15) is 8.42 Å².